The molecule has 0 bridgehead atoms. The second-order valence-corrected chi connectivity index (χ2v) is 7.17. The van der Waals surface area contributed by atoms with Crippen LogP contribution < -0.4 is 10.6 Å². The van der Waals surface area contributed by atoms with Gasteiger partial charge in [-0.05, 0) is 45.6 Å². The molecule has 2 rings (SSSR count). The molecule has 2 atom stereocenters. The van der Waals surface area contributed by atoms with Crippen LogP contribution in [-0.4, -0.2) is 40.9 Å². The van der Waals surface area contributed by atoms with E-state index in [1.165, 1.54) is 0 Å². The zero-order valence-corrected chi connectivity index (χ0v) is 14.4. The van der Waals surface area contributed by atoms with Crippen LogP contribution in [-0.2, 0) is 16.0 Å². The second-order valence-electron chi connectivity index (χ2n) is 7.17. The zero-order valence-electron chi connectivity index (χ0n) is 14.4. The Labute approximate surface area is 142 Å². The van der Waals surface area contributed by atoms with E-state index in [0.717, 1.165) is 18.4 Å². The Morgan fingerprint density at radius 1 is 1.25 bits per heavy atom. The van der Waals surface area contributed by atoms with E-state index in [9.17, 15) is 14.7 Å². The van der Waals surface area contributed by atoms with Crippen molar-refractivity contribution in [3.8, 4) is 0 Å². The summed E-state index contributed by atoms with van der Waals surface area (Å²) in [5, 5.41) is 15.8. The van der Waals surface area contributed by atoms with E-state index in [4.69, 9.17) is 4.74 Å². The molecule has 6 nitrogen and oxygen atoms in total. The van der Waals surface area contributed by atoms with E-state index in [0.29, 0.717) is 6.42 Å². The number of hydrogen-bond donors (Lipinski definition) is 3. The summed E-state index contributed by atoms with van der Waals surface area (Å²) in [6.07, 6.45) is 0.210. The molecular formula is C18H26N2O4. The number of aliphatic hydroxyl groups is 1. The van der Waals surface area contributed by atoms with Crippen molar-refractivity contribution in [1.82, 2.24) is 10.6 Å². The number of hydrogen-bond acceptors (Lipinski definition) is 4. The van der Waals surface area contributed by atoms with Crippen molar-refractivity contribution in [3.05, 3.63) is 35.9 Å². The summed E-state index contributed by atoms with van der Waals surface area (Å²) < 4.78 is 5.24. The average molecular weight is 334 g/mol. The number of carbonyl (C=O) groups is 2. The van der Waals surface area contributed by atoms with Crippen LogP contribution in [0, 0.1) is 0 Å². The van der Waals surface area contributed by atoms with Crippen molar-refractivity contribution in [2.75, 3.05) is 0 Å². The molecular weight excluding hydrogens is 308 g/mol. The maximum Gasteiger partial charge on any atom is 0.407 e. The van der Waals surface area contributed by atoms with Crippen molar-refractivity contribution in [1.29, 1.82) is 0 Å². The molecule has 0 spiro atoms. The summed E-state index contributed by atoms with van der Waals surface area (Å²) in [4.78, 5) is 24.2. The summed E-state index contributed by atoms with van der Waals surface area (Å²) in [6, 6.07) is 8.78. The first-order chi connectivity index (χ1) is 11.2. The first-order valence-electron chi connectivity index (χ1n) is 8.26. The Bertz CT molecular complexity index is 564. The average Bonchev–Trinajstić information content (AvgIpc) is 3.29. The highest BCUT2D eigenvalue weighted by Crippen LogP contribution is 2.19. The van der Waals surface area contributed by atoms with Gasteiger partial charge in [-0.15, -0.1) is 0 Å². The first-order valence-corrected chi connectivity index (χ1v) is 8.26. The van der Waals surface area contributed by atoms with Gasteiger partial charge >= 0.3 is 6.09 Å². The van der Waals surface area contributed by atoms with Crippen molar-refractivity contribution in [2.24, 2.45) is 0 Å². The van der Waals surface area contributed by atoms with Crippen LogP contribution in [0.4, 0.5) is 4.79 Å². The SMILES string of the molecule is CC(C)(C)OC(=O)NC(Cc1ccccc1)[C@H](O)C(=O)NC1CC1. The predicted molar refractivity (Wildman–Crippen MR) is 90.5 cm³/mol. The quantitative estimate of drug-likeness (QED) is 0.740. The lowest BCUT2D eigenvalue weighted by Gasteiger charge is -2.26. The van der Waals surface area contributed by atoms with Crippen LogP contribution >= 0.6 is 0 Å². The fraction of sp³-hybridized carbons (Fsp3) is 0.556. The van der Waals surface area contributed by atoms with Gasteiger partial charge in [0.05, 0.1) is 6.04 Å². The molecule has 1 aliphatic carbocycles. The Morgan fingerprint density at radius 3 is 2.42 bits per heavy atom. The fourth-order valence-electron chi connectivity index (χ4n) is 2.27. The molecule has 0 aliphatic heterocycles. The summed E-state index contributed by atoms with van der Waals surface area (Å²) in [5.74, 6) is -0.463. The summed E-state index contributed by atoms with van der Waals surface area (Å²) in [7, 11) is 0. The minimum Gasteiger partial charge on any atom is -0.444 e. The van der Waals surface area contributed by atoms with Crippen LogP contribution in [0.2, 0.25) is 0 Å². The third-order valence-electron chi connectivity index (χ3n) is 3.57. The number of rotatable bonds is 6. The van der Waals surface area contributed by atoms with Gasteiger partial charge in [0.1, 0.15) is 5.60 Å². The molecule has 0 aromatic heterocycles. The number of benzene rings is 1. The van der Waals surface area contributed by atoms with Gasteiger partial charge < -0.3 is 20.5 Å². The summed E-state index contributed by atoms with van der Waals surface area (Å²) in [6.45, 7) is 5.28. The van der Waals surface area contributed by atoms with Gasteiger partial charge in [-0.1, -0.05) is 30.3 Å². The van der Waals surface area contributed by atoms with Gasteiger partial charge in [0, 0.05) is 6.04 Å². The van der Waals surface area contributed by atoms with Crippen molar-refractivity contribution in [3.63, 3.8) is 0 Å². The van der Waals surface area contributed by atoms with Crippen molar-refractivity contribution in [2.45, 2.75) is 63.8 Å². The van der Waals surface area contributed by atoms with E-state index in [1.807, 2.05) is 30.3 Å². The molecule has 1 aromatic carbocycles. The third kappa shape index (κ3) is 6.20. The Hall–Kier alpha value is -2.08. The van der Waals surface area contributed by atoms with Gasteiger partial charge in [-0.25, -0.2) is 4.79 Å². The van der Waals surface area contributed by atoms with E-state index >= 15 is 0 Å². The highest BCUT2D eigenvalue weighted by Gasteiger charge is 2.32. The Balaban J connectivity index is 2.04. The maximum atomic E-state index is 12.1. The number of aliphatic hydroxyl groups excluding tert-OH is 1. The first kappa shape index (κ1) is 18.3. The molecule has 3 N–H and O–H groups in total. The lowest BCUT2D eigenvalue weighted by atomic mass is 10.0. The molecule has 6 heteroatoms. The minimum atomic E-state index is -1.33. The smallest absolute Gasteiger partial charge is 0.407 e. The highest BCUT2D eigenvalue weighted by atomic mass is 16.6. The fourth-order valence-corrected chi connectivity index (χ4v) is 2.27. The minimum absolute atomic E-state index is 0.144. The van der Waals surface area contributed by atoms with Gasteiger partial charge in [-0.3, -0.25) is 4.79 Å². The summed E-state index contributed by atoms with van der Waals surface area (Å²) >= 11 is 0. The zero-order chi connectivity index (χ0) is 17.7. The number of ether oxygens (including phenoxy) is 1. The second kappa shape index (κ2) is 7.66. The molecule has 132 valence electrons. The van der Waals surface area contributed by atoms with Crippen LogP contribution in [0.5, 0.6) is 0 Å². The van der Waals surface area contributed by atoms with E-state index in [1.54, 1.807) is 20.8 Å². The topological polar surface area (TPSA) is 87.7 Å². The monoisotopic (exact) mass is 334 g/mol. The standard InChI is InChI=1S/C18H26N2O4/c1-18(2,3)24-17(23)20-14(11-12-7-5-4-6-8-12)15(21)16(22)19-13-9-10-13/h4-8,13-15,21H,9-11H2,1-3H3,(H,19,22)(H,20,23)/t14?,15-/m0/s1. The lowest BCUT2D eigenvalue weighted by Crippen LogP contribution is -2.52. The Morgan fingerprint density at radius 2 is 1.88 bits per heavy atom. The van der Waals surface area contributed by atoms with Gasteiger partial charge in [0.15, 0.2) is 6.10 Å². The van der Waals surface area contributed by atoms with Crippen LogP contribution in [0.25, 0.3) is 0 Å². The van der Waals surface area contributed by atoms with Crippen LogP contribution in [0.15, 0.2) is 30.3 Å². The molecule has 1 saturated carbocycles. The third-order valence-corrected chi connectivity index (χ3v) is 3.57. The van der Waals surface area contributed by atoms with Crippen LogP contribution in [0.3, 0.4) is 0 Å². The van der Waals surface area contributed by atoms with Gasteiger partial charge in [-0.2, -0.15) is 0 Å². The number of alkyl carbamates (subject to hydrolysis) is 1. The van der Waals surface area contributed by atoms with Crippen molar-refractivity contribution < 1.29 is 19.4 Å². The number of nitrogens with one attached hydrogen (secondary N) is 2. The number of carbonyl (C=O) groups excluding carboxylic acids is 2. The molecule has 2 amide bonds. The summed E-state index contributed by atoms with van der Waals surface area (Å²) in [5.41, 5.74) is 0.264. The molecule has 1 fully saturated rings. The molecule has 24 heavy (non-hydrogen) atoms. The molecule has 0 radical (unpaired) electrons. The largest absolute Gasteiger partial charge is 0.444 e. The van der Waals surface area contributed by atoms with E-state index in [-0.39, 0.29) is 6.04 Å². The molecule has 1 aromatic rings. The maximum absolute atomic E-state index is 12.1. The predicted octanol–water partition coefficient (Wildman–Crippen LogP) is 1.76. The molecule has 1 unspecified atom stereocenters. The highest BCUT2D eigenvalue weighted by molar-refractivity contribution is 5.82. The van der Waals surface area contributed by atoms with E-state index < -0.39 is 29.7 Å². The van der Waals surface area contributed by atoms with E-state index in [2.05, 4.69) is 10.6 Å². The van der Waals surface area contributed by atoms with Crippen molar-refractivity contribution >= 4 is 12.0 Å². The molecule has 0 heterocycles. The Kier molecular flexibility index (Phi) is 5.83. The normalized spacial score (nSPS) is 16.8. The lowest BCUT2D eigenvalue weighted by molar-refractivity contribution is -0.130. The van der Waals surface area contributed by atoms with Crippen LogP contribution in [0.1, 0.15) is 39.2 Å². The molecule has 0 saturated heterocycles. The van der Waals surface area contributed by atoms with Gasteiger partial charge in [0.2, 0.25) is 0 Å². The molecule has 1 aliphatic rings. The number of amides is 2. The van der Waals surface area contributed by atoms with Gasteiger partial charge in [0.25, 0.3) is 5.91 Å².